The van der Waals surface area contributed by atoms with E-state index in [4.69, 9.17) is 5.11 Å². The molecule has 0 spiro atoms. The number of halogens is 3. The third kappa shape index (κ3) is 7.92. The lowest BCUT2D eigenvalue weighted by Crippen LogP contribution is -2.31. The van der Waals surface area contributed by atoms with Crippen molar-refractivity contribution in [3.63, 3.8) is 0 Å². The maximum atomic E-state index is 12.0. The van der Waals surface area contributed by atoms with Crippen molar-refractivity contribution in [3.05, 3.63) is 35.9 Å². The van der Waals surface area contributed by atoms with Crippen molar-refractivity contribution in [1.29, 1.82) is 0 Å². The van der Waals surface area contributed by atoms with Gasteiger partial charge in [-0.3, -0.25) is 9.59 Å². The zero-order valence-corrected chi connectivity index (χ0v) is 12.4. The van der Waals surface area contributed by atoms with Gasteiger partial charge in [0.05, 0.1) is 17.5 Å². The summed E-state index contributed by atoms with van der Waals surface area (Å²) in [7, 11) is 0. The lowest BCUT2D eigenvalue weighted by atomic mass is 10.0. The van der Waals surface area contributed by atoms with Gasteiger partial charge in [-0.1, -0.05) is 30.3 Å². The fraction of sp³-hybridized carbons (Fsp3) is 0.429. The van der Waals surface area contributed by atoms with Gasteiger partial charge in [0.25, 0.3) is 0 Å². The summed E-state index contributed by atoms with van der Waals surface area (Å²) in [5.74, 6) is -2.96. The summed E-state index contributed by atoms with van der Waals surface area (Å²) in [5, 5.41) is 11.3. The van der Waals surface area contributed by atoms with Crippen molar-refractivity contribution >= 4 is 23.6 Å². The Hall–Kier alpha value is -1.70. The first kappa shape index (κ1) is 18.3. The molecular weight excluding hydrogens is 319 g/mol. The van der Waals surface area contributed by atoms with Gasteiger partial charge in [0.15, 0.2) is 0 Å². The minimum atomic E-state index is -4.31. The maximum Gasteiger partial charge on any atom is 0.397 e. The second kappa shape index (κ2) is 8.67. The molecule has 1 rings (SSSR count). The predicted molar refractivity (Wildman–Crippen MR) is 77.6 cm³/mol. The number of carbonyl (C=O) groups excluding carboxylic acids is 1. The molecule has 8 heteroatoms. The fourth-order valence-electron chi connectivity index (χ4n) is 1.77. The van der Waals surface area contributed by atoms with Gasteiger partial charge in [0.2, 0.25) is 5.91 Å². The second-order valence-corrected chi connectivity index (χ2v) is 5.56. The number of hydrogen-bond donors (Lipinski definition) is 2. The highest BCUT2D eigenvalue weighted by Gasteiger charge is 2.27. The lowest BCUT2D eigenvalue weighted by Gasteiger charge is -2.18. The smallest absolute Gasteiger partial charge is 0.397 e. The van der Waals surface area contributed by atoms with E-state index in [1.165, 1.54) is 0 Å². The van der Waals surface area contributed by atoms with Crippen molar-refractivity contribution in [2.75, 3.05) is 11.5 Å². The molecule has 1 amide bonds. The van der Waals surface area contributed by atoms with E-state index in [1.807, 2.05) is 0 Å². The zero-order valence-electron chi connectivity index (χ0n) is 11.6. The monoisotopic (exact) mass is 335 g/mol. The highest BCUT2D eigenvalue weighted by molar-refractivity contribution is 8.00. The number of aliphatic carboxylic acids is 1. The van der Waals surface area contributed by atoms with Crippen LogP contribution in [0.1, 0.15) is 24.4 Å². The third-order valence-electron chi connectivity index (χ3n) is 2.68. The number of amides is 1. The molecule has 2 N–H and O–H groups in total. The van der Waals surface area contributed by atoms with Crippen LogP contribution in [0.15, 0.2) is 30.3 Å². The molecule has 1 aromatic carbocycles. The van der Waals surface area contributed by atoms with Gasteiger partial charge in [0, 0.05) is 6.42 Å². The first-order valence-corrected chi connectivity index (χ1v) is 7.64. The van der Waals surface area contributed by atoms with Gasteiger partial charge in [-0.25, -0.2) is 0 Å². The van der Waals surface area contributed by atoms with E-state index >= 15 is 0 Å². The number of hydrogen-bond acceptors (Lipinski definition) is 3. The van der Waals surface area contributed by atoms with Crippen LogP contribution in [0.4, 0.5) is 13.2 Å². The average molecular weight is 335 g/mol. The second-order valence-electron chi connectivity index (χ2n) is 4.57. The van der Waals surface area contributed by atoms with Gasteiger partial charge >= 0.3 is 12.1 Å². The van der Waals surface area contributed by atoms with Gasteiger partial charge in [0.1, 0.15) is 0 Å². The summed E-state index contributed by atoms with van der Waals surface area (Å²) >= 11 is 0.477. The zero-order chi connectivity index (χ0) is 16.6. The van der Waals surface area contributed by atoms with Crippen LogP contribution in [0.3, 0.4) is 0 Å². The molecule has 0 saturated carbocycles. The van der Waals surface area contributed by atoms with Gasteiger partial charge < -0.3 is 10.4 Å². The van der Waals surface area contributed by atoms with Crippen molar-refractivity contribution < 1.29 is 27.9 Å². The Bertz CT molecular complexity index is 494. The van der Waals surface area contributed by atoms with Crippen LogP contribution in [0.25, 0.3) is 0 Å². The van der Waals surface area contributed by atoms with Gasteiger partial charge in [-0.15, -0.1) is 11.8 Å². The molecule has 0 radical (unpaired) electrons. The summed E-state index contributed by atoms with van der Waals surface area (Å²) in [6.07, 6.45) is -4.28. The molecule has 0 fully saturated rings. The number of nitrogens with one attached hydrogen (secondary N) is 1. The number of carboxylic acids is 1. The van der Waals surface area contributed by atoms with E-state index in [2.05, 4.69) is 5.32 Å². The number of carbonyl (C=O) groups is 2. The van der Waals surface area contributed by atoms with Crippen LogP contribution in [0, 0.1) is 0 Å². The molecule has 22 heavy (non-hydrogen) atoms. The molecule has 0 saturated heterocycles. The molecule has 1 aromatic rings. The molecule has 0 bridgehead atoms. The SMILES string of the molecule is O=C(O)CCC(NC(=O)CSCC(F)(F)F)c1ccccc1. The number of carboxylic acid groups (broad SMARTS) is 1. The van der Waals surface area contributed by atoms with Gasteiger partial charge in [-0.05, 0) is 12.0 Å². The highest BCUT2D eigenvalue weighted by Crippen LogP contribution is 2.22. The molecule has 1 atom stereocenters. The van der Waals surface area contributed by atoms with Crippen LogP contribution in [-0.4, -0.2) is 34.7 Å². The predicted octanol–water partition coefficient (Wildman–Crippen LogP) is 3.00. The van der Waals surface area contributed by atoms with Crippen molar-refractivity contribution in [2.24, 2.45) is 0 Å². The topological polar surface area (TPSA) is 66.4 Å². The Balaban J connectivity index is 2.56. The Labute approximate surface area is 130 Å². The van der Waals surface area contributed by atoms with E-state index in [-0.39, 0.29) is 18.6 Å². The molecule has 0 aliphatic rings. The quantitative estimate of drug-likeness (QED) is 0.766. The lowest BCUT2D eigenvalue weighted by molar-refractivity contribution is -0.137. The normalized spacial score (nSPS) is 12.7. The minimum Gasteiger partial charge on any atom is -0.481 e. The minimum absolute atomic E-state index is 0.143. The van der Waals surface area contributed by atoms with Crippen LogP contribution in [0.2, 0.25) is 0 Å². The number of rotatable bonds is 8. The molecule has 0 aliphatic carbocycles. The van der Waals surface area contributed by atoms with E-state index in [9.17, 15) is 22.8 Å². The Morgan fingerprint density at radius 3 is 2.41 bits per heavy atom. The Morgan fingerprint density at radius 2 is 1.86 bits per heavy atom. The largest absolute Gasteiger partial charge is 0.481 e. The standard InChI is InChI=1S/C14H16F3NO3S/c15-14(16,17)9-22-8-12(19)18-11(6-7-13(20)21)10-4-2-1-3-5-10/h1-5,11H,6-9H2,(H,18,19)(H,20,21). The summed E-state index contributed by atoms with van der Waals surface area (Å²) in [6, 6.07) is 8.20. The summed E-state index contributed by atoms with van der Waals surface area (Å²) in [6.45, 7) is 0. The first-order valence-electron chi connectivity index (χ1n) is 6.48. The summed E-state index contributed by atoms with van der Waals surface area (Å²) in [4.78, 5) is 22.4. The number of benzene rings is 1. The molecule has 1 unspecified atom stereocenters. The number of alkyl halides is 3. The highest BCUT2D eigenvalue weighted by atomic mass is 32.2. The molecule has 0 aromatic heterocycles. The molecular formula is C14H16F3NO3S. The third-order valence-corrected chi connectivity index (χ3v) is 3.68. The molecule has 0 aliphatic heterocycles. The van der Waals surface area contributed by atoms with Gasteiger partial charge in [-0.2, -0.15) is 13.2 Å². The summed E-state index contributed by atoms with van der Waals surface area (Å²) in [5.41, 5.74) is 0.720. The summed E-state index contributed by atoms with van der Waals surface area (Å²) < 4.78 is 36.1. The molecule has 4 nitrogen and oxygen atoms in total. The molecule has 0 heterocycles. The van der Waals surface area contributed by atoms with Crippen molar-refractivity contribution in [1.82, 2.24) is 5.32 Å². The maximum absolute atomic E-state index is 12.0. The molecule has 122 valence electrons. The number of thioether (sulfide) groups is 1. The van der Waals surface area contributed by atoms with E-state index < -0.39 is 29.8 Å². The Kier molecular flexibility index (Phi) is 7.23. The van der Waals surface area contributed by atoms with Crippen LogP contribution < -0.4 is 5.32 Å². The van der Waals surface area contributed by atoms with Crippen molar-refractivity contribution in [2.45, 2.75) is 25.1 Å². The Morgan fingerprint density at radius 1 is 1.23 bits per heavy atom. The average Bonchev–Trinajstić information content (AvgIpc) is 2.42. The fourth-order valence-corrected chi connectivity index (χ4v) is 2.37. The van der Waals surface area contributed by atoms with Crippen LogP contribution >= 0.6 is 11.8 Å². The van der Waals surface area contributed by atoms with E-state index in [1.54, 1.807) is 30.3 Å². The van der Waals surface area contributed by atoms with Crippen LogP contribution in [-0.2, 0) is 9.59 Å². The van der Waals surface area contributed by atoms with Crippen molar-refractivity contribution in [3.8, 4) is 0 Å². The van der Waals surface area contributed by atoms with E-state index in [0.29, 0.717) is 11.8 Å². The van der Waals surface area contributed by atoms with Crippen LogP contribution in [0.5, 0.6) is 0 Å². The first-order chi connectivity index (χ1) is 10.3. The van der Waals surface area contributed by atoms with E-state index in [0.717, 1.165) is 5.56 Å².